The number of aromatic nitrogens is 2. The van der Waals surface area contributed by atoms with Crippen LogP contribution in [-0.4, -0.2) is 29.0 Å². The van der Waals surface area contributed by atoms with E-state index in [1.807, 2.05) is 6.92 Å². The summed E-state index contributed by atoms with van der Waals surface area (Å²) in [7, 11) is 0. The van der Waals surface area contributed by atoms with E-state index in [1.165, 1.54) is 0 Å². The molecule has 17 heavy (non-hydrogen) atoms. The molecule has 1 saturated heterocycles. The maximum absolute atomic E-state index is 13.0. The van der Waals surface area contributed by atoms with Crippen LogP contribution in [0, 0.1) is 6.92 Å². The van der Waals surface area contributed by atoms with E-state index >= 15 is 0 Å². The van der Waals surface area contributed by atoms with Crippen molar-refractivity contribution in [3.8, 4) is 0 Å². The van der Waals surface area contributed by atoms with Gasteiger partial charge in [0.1, 0.15) is 5.82 Å². The normalized spacial score (nSPS) is 19.2. The molecule has 0 saturated carbocycles. The fraction of sp³-hybridized carbons (Fsp3) is 0.600. The number of aryl methyl sites for hydroxylation is 1. The van der Waals surface area contributed by atoms with E-state index in [4.69, 9.17) is 5.84 Å². The van der Waals surface area contributed by atoms with Crippen molar-refractivity contribution in [1.82, 2.24) is 9.97 Å². The summed E-state index contributed by atoms with van der Waals surface area (Å²) in [6.07, 6.45) is -0.314. The summed E-state index contributed by atoms with van der Waals surface area (Å²) in [5.74, 6) is 3.66. The number of hydrogen-bond donors (Lipinski definition) is 2. The summed E-state index contributed by atoms with van der Waals surface area (Å²) in [5.41, 5.74) is 3.19. The van der Waals surface area contributed by atoms with Crippen LogP contribution in [0.25, 0.3) is 0 Å². The van der Waals surface area contributed by atoms with E-state index in [1.54, 1.807) is 11.0 Å². The molecule has 0 radical (unpaired) electrons. The van der Waals surface area contributed by atoms with E-state index in [9.17, 15) is 8.78 Å². The Bertz CT molecular complexity index is 400. The third kappa shape index (κ3) is 2.79. The minimum atomic E-state index is -2.56. The third-order valence-electron chi connectivity index (χ3n) is 2.77. The molecular weight excluding hydrogens is 228 g/mol. The van der Waals surface area contributed by atoms with Crippen LogP contribution in [0.4, 0.5) is 20.5 Å². The molecule has 0 atom stereocenters. The van der Waals surface area contributed by atoms with Gasteiger partial charge in [-0.1, -0.05) is 0 Å². The van der Waals surface area contributed by atoms with Crippen molar-refractivity contribution in [2.45, 2.75) is 25.7 Å². The molecule has 0 unspecified atom stereocenters. The summed E-state index contributed by atoms with van der Waals surface area (Å²) in [4.78, 5) is 10.1. The van der Waals surface area contributed by atoms with Gasteiger partial charge in [0.25, 0.3) is 5.92 Å². The molecule has 1 aliphatic heterocycles. The van der Waals surface area contributed by atoms with Crippen LogP contribution in [0.3, 0.4) is 0 Å². The molecule has 1 aromatic heterocycles. The zero-order valence-corrected chi connectivity index (χ0v) is 9.58. The Kier molecular flexibility index (Phi) is 3.10. The molecule has 3 N–H and O–H groups in total. The van der Waals surface area contributed by atoms with Crippen LogP contribution in [0.15, 0.2) is 6.07 Å². The largest absolute Gasteiger partial charge is 0.340 e. The van der Waals surface area contributed by atoms with Gasteiger partial charge in [0.2, 0.25) is 5.95 Å². The lowest BCUT2D eigenvalue weighted by Gasteiger charge is -2.31. The Balaban J connectivity index is 2.15. The SMILES string of the molecule is Cc1cc(NN)nc(N2CCC(F)(F)CC2)n1. The molecule has 0 spiro atoms. The number of piperidine rings is 1. The molecule has 0 aromatic carbocycles. The zero-order valence-electron chi connectivity index (χ0n) is 9.58. The topological polar surface area (TPSA) is 67.1 Å². The quantitative estimate of drug-likeness (QED) is 0.605. The van der Waals surface area contributed by atoms with Crippen LogP contribution >= 0.6 is 0 Å². The van der Waals surface area contributed by atoms with E-state index in [0.29, 0.717) is 11.8 Å². The van der Waals surface area contributed by atoms with Gasteiger partial charge in [-0.25, -0.2) is 19.6 Å². The first-order chi connectivity index (χ1) is 8.00. The lowest BCUT2D eigenvalue weighted by molar-refractivity contribution is -0.0222. The van der Waals surface area contributed by atoms with Crippen molar-refractivity contribution >= 4 is 11.8 Å². The van der Waals surface area contributed by atoms with Gasteiger partial charge in [0, 0.05) is 37.7 Å². The van der Waals surface area contributed by atoms with Crippen LogP contribution in [0.5, 0.6) is 0 Å². The molecule has 1 aliphatic rings. The molecule has 1 aromatic rings. The molecule has 7 heteroatoms. The van der Waals surface area contributed by atoms with Crippen molar-refractivity contribution in [1.29, 1.82) is 0 Å². The highest BCUT2D eigenvalue weighted by Gasteiger charge is 2.34. The second kappa shape index (κ2) is 4.40. The smallest absolute Gasteiger partial charge is 0.251 e. The lowest BCUT2D eigenvalue weighted by Crippen LogP contribution is -2.40. The predicted octanol–water partition coefficient (Wildman–Crippen LogP) is 1.31. The standard InChI is InChI=1S/C10H15F2N5/c1-7-6-8(16-13)15-9(14-7)17-4-2-10(11,12)3-5-17/h6H,2-5,13H2,1H3,(H,14,15,16). The average molecular weight is 243 g/mol. The molecular formula is C10H15F2N5. The second-order valence-electron chi connectivity index (χ2n) is 4.18. The van der Waals surface area contributed by atoms with E-state index in [2.05, 4.69) is 15.4 Å². The van der Waals surface area contributed by atoms with Gasteiger partial charge in [-0.2, -0.15) is 4.98 Å². The molecule has 0 amide bonds. The van der Waals surface area contributed by atoms with Gasteiger partial charge in [-0.05, 0) is 6.92 Å². The molecule has 0 aliphatic carbocycles. The summed E-state index contributed by atoms with van der Waals surface area (Å²) in [5, 5.41) is 0. The number of halogens is 2. The van der Waals surface area contributed by atoms with Crippen molar-refractivity contribution < 1.29 is 8.78 Å². The second-order valence-corrected chi connectivity index (χ2v) is 4.18. The van der Waals surface area contributed by atoms with Gasteiger partial charge in [-0.15, -0.1) is 0 Å². The van der Waals surface area contributed by atoms with Crippen molar-refractivity contribution in [2.75, 3.05) is 23.4 Å². The summed E-state index contributed by atoms with van der Waals surface area (Å²) >= 11 is 0. The average Bonchev–Trinajstić information content (AvgIpc) is 2.28. The number of alkyl halides is 2. The highest BCUT2D eigenvalue weighted by atomic mass is 19.3. The highest BCUT2D eigenvalue weighted by Crippen LogP contribution is 2.29. The number of nitrogen functional groups attached to an aromatic ring is 1. The lowest BCUT2D eigenvalue weighted by atomic mass is 10.1. The van der Waals surface area contributed by atoms with Gasteiger partial charge < -0.3 is 10.3 Å². The van der Waals surface area contributed by atoms with Crippen LogP contribution < -0.4 is 16.2 Å². The minimum Gasteiger partial charge on any atom is -0.340 e. The Hall–Kier alpha value is -1.50. The number of nitrogens with zero attached hydrogens (tertiary/aromatic N) is 3. The number of rotatable bonds is 2. The zero-order chi connectivity index (χ0) is 12.5. The molecule has 2 heterocycles. The Morgan fingerprint density at radius 3 is 2.59 bits per heavy atom. The van der Waals surface area contributed by atoms with Gasteiger partial charge >= 0.3 is 0 Å². The molecule has 5 nitrogen and oxygen atoms in total. The van der Waals surface area contributed by atoms with E-state index in [0.717, 1.165) is 5.69 Å². The van der Waals surface area contributed by atoms with Crippen molar-refractivity contribution in [2.24, 2.45) is 5.84 Å². The third-order valence-corrected chi connectivity index (χ3v) is 2.77. The van der Waals surface area contributed by atoms with Crippen LogP contribution in [0.2, 0.25) is 0 Å². The summed E-state index contributed by atoms with van der Waals surface area (Å²) in [6.45, 7) is 2.34. The number of nitrogens with one attached hydrogen (secondary N) is 1. The van der Waals surface area contributed by atoms with Gasteiger partial charge in [-0.3, -0.25) is 0 Å². The number of anilines is 2. The van der Waals surface area contributed by atoms with Gasteiger partial charge in [0.05, 0.1) is 0 Å². The monoisotopic (exact) mass is 243 g/mol. The van der Waals surface area contributed by atoms with Crippen LogP contribution in [-0.2, 0) is 0 Å². The van der Waals surface area contributed by atoms with E-state index < -0.39 is 5.92 Å². The molecule has 0 bridgehead atoms. The number of hydrogen-bond acceptors (Lipinski definition) is 5. The fourth-order valence-electron chi connectivity index (χ4n) is 1.80. The van der Waals surface area contributed by atoms with Gasteiger partial charge in [0.15, 0.2) is 0 Å². The Morgan fingerprint density at radius 2 is 2.00 bits per heavy atom. The van der Waals surface area contributed by atoms with Crippen LogP contribution in [0.1, 0.15) is 18.5 Å². The first-order valence-electron chi connectivity index (χ1n) is 5.45. The van der Waals surface area contributed by atoms with Crippen molar-refractivity contribution in [3.63, 3.8) is 0 Å². The Labute approximate surface area is 98.0 Å². The minimum absolute atomic E-state index is 0.157. The maximum atomic E-state index is 13.0. The predicted molar refractivity (Wildman–Crippen MR) is 61.0 cm³/mol. The first kappa shape index (κ1) is 12.0. The number of hydrazine groups is 1. The first-order valence-corrected chi connectivity index (χ1v) is 5.45. The van der Waals surface area contributed by atoms with E-state index in [-0.39, 0.29) is 25.9 Å². The summed E-state index contributed by atoms with van der Waals surface area (Å²) < 4.78 is 26.0. The molecule has 2 rings (SSSR count). The van der Waals surface area contributed by atoms with Crippen molar-refractivity contribution in [3.05, 3.63) is 11.8 Å². The highest BCUT2D eigenvalue weighted by molar-refractivity contribution is 5.43. The summed E-state index contributed by atoms with van der Waals surface area (Å²) in [6, 6.07) is 1.70. The fourth-order valence-corrected chi connectivity index (χ4v) is 1.80. The maximum Gasteiger partial charge on any atom is 0.251 e. The Morgan fingerprint density at radius 1 is 1.35 bits per heavy atom. The molecule has 94 valence electrons. The molecule has 1 fully saturated rings. The number of nitrogens with two attached hydrogens (primary N) is 1.